The summed E-state index contributed by atoms with van der Waals surface area (Å²) in [6, 6.07) is 12.4. The predicted molar refractivity (Wildman–Crippen MR) is 69.7 cm³/mol. The first-order valence-electron chi connectivity index (χ1n) is 5.61. The van der Waals surface area contributed by atoms with E-state index in [1.165, 1.54) is 12.3 Å². The maximum atomic E-state index is 10.7. The van der Waals surface area contributed by atoms with Crippen LogP contribution in [-0.2, 0) is 6.54 Å². The van der Waals surface area contributed by atoms with Gasteiger partial charge in [0.05, 0.1) is 17.2 Å². The van der Waals surface area contributed by atoms with Crippen LogP contribution < -0.4 is 5.32 Å². The average molecular weight is 253 g/mol. The van der Waals surface area contributed by atoms with E-state index in [0.717, 1.165) is 5.56 Å². The molecule has 1 heterocycles. The third-order valence-electron chi connectivity index (χ3n) is 2.54. The summed E-state index contributed by atoms with van der Waals surface area (Å²) in [6.07, 6.45) is 1.30. The number of nitrogens with zero attached hydrogens (tertiary/aromatic N) is 2. The van der Waals surface area contributed by atoms with Gasteiger partial charge in [-0.2, -0.15) is 5.26 Å². The van der Waals surface area contributed by atoms with Crippen LogP contribution in [0.4, 0.5) is 5.82 Å². The molecule has 0 saturated heterocycles. The molecule has 1 aromatic heterocycles. The maximum absolute atomic E-state index is 10.7. The SMILES string of the molecule is N#Cc1cccc(CNc2ccc(C(=O)O)cn2)c1. The summed E-state index contributed by atoms with van der Waals surface area (Å²) < 4.78 is 0. The number of nitrogens with one attached hydrogen (secondary N) is 1. The number of pyridine rings is 1. The number of carboxylic acids is 1. The van der Waals surface area contributed by atoms with Crippen molar-refractivity contribution in [3.63, 3.8) is 0 Å². The smallest absolute Gasteiger partial charge is 0.337 e. The monoisotopic (exact) mass is 253 g/mol. The highest BCUT2D eigenvalue weighted by atomic mass is 16.4. The molecule has 0 bridgehead atoms. The molecule has 0 radical (unpaired) electrons. The van der Waals surface area contributed by atoms with Crippen molar-refractivity contribution >= 4 is 11.8 Å². The second-order valence-electron chi connectivity index (χ2n) is 3.90. The van der Waals surface area contributed by atoms with Crippen molar-refractivity contribution in [1.82, 2.24) is 4.98 Å². The summed E-state index contributed by atoms with van der Waals surface area (Å²) in [4.78, 5) is 14.7. The first kappa shape index (κ1) is 12.6. The van der Waals surface area contributed by atoms with Crippen LogP contribution in [0.15, 0.2) is 42.6 Å². The van der Waals surface area contributed by atoms with E-state index in [2.05, 4.69) is 16.4 Å². The van der Waals surface area contributed by atoms with E-state index in [9.17, 15) is 4.79 Å². The van der Waals surface area contributed by atoms with Gasteiger partial charge in [0, 0.05) is 12.7 Å². The number of aromatic carboxylic acids is 1. The highest BCUT2D eigenvalue weighted by molar-refractivity contribution is 5.87. The fourth-order valence-corrected chi connectivity index (χ4v) is 1.57. The van der Waals surface area contributed by atoms with Crippen molar-refractivity contribution in [1.29, 1.82) is 5.26 Å². The molecule has 94 valence electrons. The highest BCUT2D eigenvalue weighted by Gasteiger charge is 2.02. The third-order valence-corrected chi connectivity index (χ3v) is 2.54. The Balaban J connectivity index is 2.02. The van der Waals surface area contributed by atoms with Gasteiger partial charge in [0.25, 0.3) is 0 Å². The number of hydrogen-bond donors (Lipinski definition) is 2. The van der Waals surface area contributed by atoms with Crippen molar-refractivity contribution in [2.75, 3.05) is 5.32 Å². The minimum atomic E-state index is -0.999. The average Bonchev–Trinajstić information content (AvgIpc) is 2.46. The van der Waals surface area contributed by atoms with E-state index in [0.29, 0.717) is 17.9 Å². The number of benzene rings is 1. The van der Waals surface area contributed by atoms with Gasteiger partial charge in [-0.15, -0.1) is 0 Å². The summed E-state index contributed by atoms with van der Waals surface area (Å²) in [5, 5.41) is 20.6. The van der Waals surface area contributed by atoms with E-state index in [4.69, 9.17) is 10.4 Å². The zero-order chi connectivity index (χ0) is 13.7. The van der Waals surface area contributed by atoms with E-state index < -0.39 is 5.97 Å². The maximum Gasteiger partial charge on any atom is 0.337 e. The molecule has 1 aromatic carbocycles. The topological polar surface area (TPSA) is 86.0 Å². The highest BCUT2D eigenvalue weighted by Crippen LogP contribution is 2.09. The second kappa shape index (κ2) is 5.65. The largest absolute Gasteiger partial charge is 0.478 e. The first-order valence-corrected chi connectivity index (χ1v) is 5.61. The summed E-state index contributed by atoms with van der Waals surface area (Å²) in [7, 11) is 0. The molecular weight excluding hydrogens is 242 g/mol. The van der Waals surface area contributed by atoms with Crippen molar-refractivity contribution in [3.05, 3.63) is 59.3 Å². The molecule has 19 heavy (non-hydrogen) atoms. The lowest BCUT2D eigenvalue weighted by Gasteiger charge is -2.06. The second-order valence-corrected chi connectivity index (χ2v) is 3.90. The van der Waals surface area contributed by atoms with Gasteiger partial charge < -0.3 is 10.4 Å². The van der Waals surface area contributed by atoms with Gasteiger partial charge in [-0.25, -0.2) is 9.78 Å². The quantitative estimate of drug-likeness (QED) is 0.872. The van der Waals surface area contributed by atoms with Crippen LogP contribution in [0, 0.1) is 11.3 Å². The lowest BCUT2D eigenvalue weighted by atomic mass is 10.1. The van der Waals surface area contributed by atoms with Gasteiger partial charge in [-0.1, -0.05) is 12.1 Å². The van der Waals surface area contributed by atoms with Gasteiger partial charge in [0.1, 0.15) is 5.82 Å². The first-order chi connectivity index (χ1) is 9.19. The molecular formula is C14H11N3O2. The number of carboxylic acid groups (broad SMARTS) is 1. The minimum Gasteiger partial charge on any atom is -0.478 e. The number of carbonyl (C=O) groups is 1. The van der Waals surface area contributed by atoms with Crippen LogP contribution in [0.3, 0.4) is 0 Å². The van der Waals surface area contributed by atoms with Gasteiger partial charge >= 0.3 is 5.97 Å². The Morgan fingerprint density at radius 2 is 2.21 bits per heavy atom. The number of hydrogen-bond acceptors (Lipinski definition) is 4. The normalized spacial score (nSPS) is 9.63. The molecule has 0 unspecified atom stereocenters. The van der Waals surface area contributed by atoms with Gasteiger partial charge in [-0.05, 0) is 29.8 Å². The molecule has 0 aliphatic heterocycles. The standard InChI is InChI=1S/C14H11N3O2/c15-7-10-2-1-3-11(6-10)8-16-13-5-4-12(9-17-13)14(18)19/h1-6,9H,8H2,(H,16,17)(H,18,19). The van der Waals surface area contributed by atoms with Gasteiger partial charge in [0.15, 0.2) is 0 Å². The molecule has 2 N–H and O–H groups in total. The van der Waals surface area contributed by atoms with Crippen molar-refractivity contribution in [2.45, 2.75) is 6.54 Å². The Morgan fingerprint density at radius 3 is 2.84 bits per heavy atom. The molecule has 2 rings (SSSR count). The number of aromatic nitrogens is 1. The molecule has 0 aliphatic carbocycles. The Bertz CT molecular complexity index is 630. The van der Waals surface area contributed by atoms with Crippen molar-refractivity contribution in [3.8, 4) is 6.07 Å². The van der Waals surface area contributed by atoms with Gasteiger partial charge in [0.2, 0.25) is 0 Å². The number of rotatable bonds is 4. The number of nitriles is 1. The molecule has 0 amide bonds. The van der Waals surface area contributed by atoms with Crippen LogP contribution in [-0.4, -0.2) is 16.1 Å². The molecule has 0 aliphatic rings. The summed E-state index contributed by atoms with van der Waals surface area (Å²) >= 11 is 0. The summed E-state index contributed by atoms with van der Waals surface area (Å²) in [5.41, 5.74) is 1.72. The fourth-order valence-electron chi connectivity index (χ4n) is 1.57. The van der Waals surface area contributed by atoms with Crippen molar-refractivity contribution < 1.29 is 9.90 Å². The van der Waals surface area contributed by atoms with Crippen molar-refractivity contribution in [2.24, 2.45) is 0 Å². The van der Waals surface area contributed by atoms with Crippen LogP contribution in [0.1, 0.15) is 21.5 Å². The Hall–Kier alpha value is -2.87. The Morgan fingerprint density at radius 1 is 1.37 bits per heavy atom. The lowest BCUT2D eigenvalue weighted by Crippen LogP contribution is -2.03. The summed E-state index contributed by atoms with van der Waals surface area (Å²) in [5.74, 6) is -0.409. The van der Waals surface area contributed by atoms with E-state index in [1.54, 1.807) is 18.2 Å². The van der Waals surface area contributed by atoms with E-state index >= 15 is 0 Å². The molecule has 0 fully saturated rings. The molecule has 0 spiro atoms. The minimum absolute atomic E-state index is 0.150. The summed E-state index contributed by atoms with van der Waals surface area (Å²) in [6.45, 7) is 0.523. The molecule has 0 atom stereocenters. The van der Waals surface area contributed by atoms with E-state index in [-0.39, 0.29) is 5.56 Å². The molecule has 5 nitrogen and oxygen atoms in total. The van der Waals surface area contributed by atoms with Crippen LogP contribution in [0.2, 0.25) is 0 Å². The third kappa shape index (κ3) is 3.30. The predicted octanol–water partition coefficient (Wildman–Crippen LogP) is 2.26. The lowest BCUT2D eigenvalue weighted by molar-refractivity contribution is 0.0696. The van der Waals surface area contributed by atoms with Crippen LogP contribution in [0.5, 0.6) is 0 Å². The molecule has 5 heteroatoms. The van der Waals surface area contributed by atoms with Crippen LogP contribution in [0.25, 0.3) is 0 Å². The van der Waals surface area contributed by atoms with Crippen LogP contribution >= 0.6 is 0 Å². The Labute approximate surface area is 110 Å². The number of anilines is 1. The zero-order valence-corrected chi connectivity index (χ0v) is 10.00. The Kier molecular flexibility index (Phi) is 3.74. The molecule has 0 saturated carbocycles. The zero-order valence-electron chi connectivity index (χ0n) is 10.00. The van der Waals surface area contributed by atoms with E-state index in [1.807, 2.05) is 12.1 Å². The van der Waals surface area contributed by atoms with Gasteiger partial charge in [-0.3, -0.25) is 0 Å². The fraction of sp³-hybridized carbons (Fsp3) is 0.0714. The molecule has 2 aromatic rings.